The summed E-state index contributed by atoms with van der Waals surface area (Å²) in [4.78, 5) is 2.20. The number of thioether (sulfide) groups is 1. The number of rotatable bonds is 2. The van der Waals surface area contributed by atoms with Gasteiger partial charge in [0.2, 0.25) is 0 Å². The maximum absolute atomic E-state index is 11.5. The Labute approximate surface area is 145 Å². The van der Waals surface area contributed by atoms with E-state index in [2.05, 4.69) is 27.7 Å². The Morgan fingerprint density at radius 3 is 2.58 bits per heavy atom. The molecule has 2 aromatic carbocycles. The standard InChI is InChI=1S/C19H18N3OS/c20-13-15-7-9-16(10-8-15)19(23)14-21(17-5-2-1-3-6-17)18-22(19)11-4-12-24-18/h1-3,5-10,23H,4,11-12,14H2/q+1/t19-/m1/s1. The third kappa shape index (κ3) is 2.39. The van der Waals surface area contributed by atoms with E-state index in [-0.39, 0.29) is 0 Å². The van der Waals surface area contributed by atoms with Crippen molar-refractivity contribution in [3.63, 3.8) is 0 Å². The molecule has 5 heteroatoms. The van der Waals surface area contributed by atoms with Gasteiger partial charge in [-0.25, -0.2) is 9.48 Å². The molecule has 0 saturated heterocycles. The zero-order valence-corrected chi connectivity index (χ0v) is 14.0. The van der Waals surface area contributed by atoms with Crippen molar-refractivity contribution in [1.82, 2.24) is 0 Å². The minimum atomic E-state index is -1.06. The largest absolute Gasteiger partial charge is 0.346 e. The summed E-state index contributed by atoms with van der Waals surface area (Å²) in [6.07, 6.45) is 1.05. The lowest BCUT2D eigenvalue weighted by Crippen LogP contribution is -2.41. The monoisotopic (exact) mass is 336 g/mol. The highest BCUT2D eigenvalue weighted by Gasteiger charge is 2.53. The Kier molecular flexibility index (Phi) is 3.79. The Balaban J connectivity index is 1.79. The van der Waals surface area contributed by atoms with Crippen molar-refractivity contribution < 1.29 is 9.68 Å². The van der Waals surface area contributed by atoms with Crippen molar-refractivity contribution in [3.8, 4) is 6.07 Å². The highest BCUT2D eigenvalue weighted by Crippen LogP contribution is 2.37. The number of nitriles is 1. The SMILES string of the molecule is N#Cc1ccc([C@]2(O)CN(c3ccccc3)C3=[N+]2CCCS3)cc1. The van der Waals surface area contributed by atoms with Crippen LogP contribution in [0.5, 0.6) is 0 Å². The minimum Gasteiger partial charge on any atom is -0.346 e. The van der Waals surface area contributed by atoms with Gasteiger partial charge in [-0.2, -0.15) is 5.26 Å². The first-order valence-electron chi connectivity index (χ1n) is 8.05. The fraction of sp³-hybridized carbons (Fsp3) is 0.263. The topological polar surface area (TPSA) is 50.3 Å². The summed E-state index contributed by atoms with van der Waals surface area (Å²) >= 11 is 1.80. The normalized spacial score (nSPS) is 23.1. The fourth-order valence-corrected chi connectivity index (χ4v) is 4.55. The Morgan fingerprint density at radius 2 is 1.88 bits per heavy atom. The number of nitrogens with zero attached hydrogens (tertiary/aromatic N) is 3. The molecule has 0 bridgehead atoms. The molecule has 0 aromatic heterocycles. The number of anilines is 1. The summed E-state index contributed by atoms with van der Waals surface area (Å²) in [6.45, 7) is 1.33. The molecule has 1 N–H and O–H groups in total. The van der Waals surface area contributed by atoms with Crippen LogP contribution in [0.15, 0.2) is 54.6 Å². The van der Waals surface area contributed by atoms with Crippen LogP contribution in [0.2, 0.25) is 0 Å². The predicted octanol–water partition coefficient (Wildman–Crippen LogP) is 2.73. The third-order valence-electron chi connectivity index (χ3n) is 4.59. The lowest BCUT2D eigenvalue weighted by Gasteiger charge is -2.24. The Bertz CT molecular complexity index is 826. The molecule has 0 fully saturated rings. The third-order valence-corrected chi connectivity index (χ3v) is 5.78. The zero-order valence-electron chi connectivity index (χ0n) is 13.2. The highest BCUT2D eigenvalue weighted by molar-refractivity contribution is 8.13. The molecule has 24 heavy (non-hydrogen) atoms. The summed E-state index contributed by atoms with van der Waals surface area (Å²) in [5.41, 5.74) is 1.47. The van der Waals surface area contributed by atoms with Crippen LogP contribution in [0.25, 0.3) is 0 Å². The maximum Gasteiger partial charge on any atom is 0.316 e. The molecule has 0 aliphatic carbocycles. The molecule has 2 aromatic rings. The lowest BCUT2D eigenvalue weighted by molar-refractivity contribution is -0.656. The number of amidine groups is 1. The molecular weight excluding hydrogens is 318 g/mol. The maximum atomic E-state index is 11.5. The number of hydrogen-bond donors (Lipinski definition) is 1. The van der Waals surface area contributed by atoms with E-state index in [4.69, 9.17) is 5.26 Å². The lowest BCUT2D eigenvalue weighted by atomic mass is 10.0. The smallest absolute Gasteiger partial charge is 0.316 e. The van der Waals surface area contributed by atoms with E-state index >= 15 is 0 Å². The van der Waals surface area contributed by atoms with Crippen molar-refractivity contribution >= 4 is 22.6 Å². The Morgan fingerprint density at radius 1 is 1.12 bits per heavy atom. The summed E-state index contributed by atoms with van der Waals surface area (Å²) in [7, 11) is 0. The first-order chi connectivity index (χ1) is 11.7. The van der Waals surface area contributed by atoms with Gasteiger partial charge in [-0.05, 0) is 42.4 Å². The van der Waals surface area contributed by atoms with Crippen LogP contribution >= 0.6 is 11.8 Å². The molecule has 4 rings (SSSR count). The predicted molar refractivity (Wildman–Crippen MR) is 96.1 cm³/mol. The van der Waals surface area contributed by atoms with Gasteiger partial charge in [-0.15, -0.1) is 0 Å². The molecule has 2 heterocycles. The van der Waals surface area contributed by atoms with Gasteiger partial charge in [0.15, 0.2) is 6.54 Å². The molecule has 4 nitrogen and oxygen atoms in total. The van der Waals surface area contributed by atoms with Gasteiger partial charge < -0.3 is 5.11 Å². The van der Waals surface area contributed by atoms with Crippen LogP contribution in [-0.2, 0) is 5.72 Å². The number of aliphatic hydroxyl groups is 1. The molecule has 2 aliphatic heterocycles. The number of β-amino-alcohol motifs (C(OH)–C–C–N with tert-alkyl or cyclic N) is 1. The van der Waals surface area contributed by atoms with Gasteiger partial charge in [0, 0.05) is 11.3 Å². The first-order valence-corrected chi connectivity index (χ1v) is 9.04. The number of para-hydroxylation sites is 1. The fourth-order valence-electron chi connectivity index (χ4n) is 3.37. The average molecular weight is 336 g/mol. The molecule has 1 atom stereocenters. The molecule has 120 valence electrons. The van der Waals surface area contributed by atoms with Crippen LogP contribution in [0, 0.1) is 11.3 Å². The van der Waals surface area contributed by atoms with Gasteiger partial charge in [0.05, 0.1) is 18.2 Å². The quantitative estimate of drug-likeness (QED) is 0.857. The Hall–Kier alpha value is -2.29. The minimum absolute atomic E-state index is 0.491. The van der Waals surface area contributed by atoms with Crippen LogP contribution in [0.3, 0.4) is 0 Å². The van der Waals surface area contributed by atoms with Crippen LogP contribution in [-0.4, -0.2) is 33.7 Å². The summed E-state index contributed by atoms with van der Waals surface area (Å²) in [6, 6.07) is 19.6. The van der Waals surface area contributed by atoms with E-state index in [9.17, 15) is 5.11 Å². The molecule has 0 radical (unpaired) electrons. The van der Waals surface area contributed by atoms with E-state index in [1.807, 2.05) is 30.3 Å². The van der Waals surface area contributed by atoms with Crippen molar-refractivity contribution in [1.29, 1.82) is 5.26 Å². The van der Waals surface area contributed by atoms with Crippen molar-refractivity contribution in [2.75, 3.05) is 23.7 Å². The second-order valence-corrected chi connectivity index (χ2v) is 7.13. The van der Waals surface area contributed by atoms with E-state index in [1.54, 1.807) is 23.9 Å². The van der Waals surface area contributed by atoms with E-state index in [0.29, 0.717) is 12.1 Å². The molecule has 0 amide bonds. The van der Waals surface area contributed by atoms with Gasteiger partial charge in [0.1, 0.15) is 5.69 Å². The van der Waals surface area contributed by atoms with Gasteiger partial charge in [0.25, 0.3) is 5.72 Å². The van der Waals surface area contributed by atoms with Crippen molar-refractivity contribution in [2.24, 2.45) is 0 Å². The van der Waals surface area contributed by atoms with Crippen LogP contribution < -0.4 is 4.90 Å². The van der Waals surface area contributed by atoms with Crippen molar-refractivity contribution in [2.45, 2.75) is 12.1 Å². The summed E-state index contributed by atoms with van der Waals surface area (Å²) in [5.74, 6) is 1.07. The number of hydrogen-bond acceptors (Lipinski definition) is 4. The molecule has 0 unspecified atom stereocenters. The van der Waals surface area contributed by atoms with Crippen molar-refractivity contribution in [3.05, 3.63) is 65.7 Å². The van der Waals surface area contributed by atoms with Crippen LogP contribution in [0.4, 0.5) is 5.69 Å². The van der Waals surface area contributed by atoms with Gasteiger partial charge in [-0.1, -0.05) is 30.3 Å². The van der Waals surface area contributed by atoms with Gasteiger partial charge >= 0.3 is 5.17 Å². The second-order valence-electron chi connectivity index (χ2n) is 6.06. The summed E-state index contributed by atoms with van der Waals surface area (Å²) < 4.78 is 2.11. The second kappa shape index (κ2) is 5.97. The van der Waals surface area contributed by atoms with Gasteiger partial charge in [-0.3, -0.25) is 0 Å². The molecular formula is C19H18N3OS+. The first kappa shape index (κ1) is 15.3. The number of benzene rings is 2. The van der Waals surface area contributed by atoms with E-state index in [1.165, 1.54) is 0 Å². The molecule has 2 aliphatic rings. The zero-order chi connectivity index (χ0) is 16.6. The highest BCUT2D eigenvalue weighted by atomic mass is 32.2. The molecule has 0 saturated carbocycles. The van der Waals surface area contributed by atoms with E-state index in [0.717, 1.165) is 35.1 Å². The summed E-state index contributed by atoms with van der Waals surface area (Å²) in [5, 5.41) is 21.6. The van der Waals surface area contributed by atoms with E-state index < -0.39 is 5.72 Å². The average Bonchev–Trinajstić information content (AvgIpc) is 2.97. The molecule has 0 spiro atoms. The van der Waals surface area contributed by atoms with Crippen LogP contribution in [0.1, 0.15) is 17.5 Å².